The van der Waals surface area contributed by atoms with Crippen LogP contribution in [0.5, 0.6) is 0 Å². The molecule has 8 heavy (non-hydrogen) atoms. The quantitative estimate of drug-likeness (QED) is 0.214. The van der Waals surface area contributed by atoms with Gasteiger partial charge in [-0.15, -0.1) is 5.11 Å². The van der Waals surface area contributed by atoms with Gasteiger partial charge in [-0.25, -0.2) is 10.5 Å². The lowest BCUT2D eigenvalue weighted by atomic mass is 10.8. The van der Waals surface area contributed by atoms with E-state index in [9.17, 15) is 0 Å². The molecule has 0 aliphatic heterocycles. The molecule has 0 heterocycles. The number of aliphatic imine (C=N–C) groups is 1. The van der Waals surface area contributed by atoms with Crippen LogP contribution in [0.3, 0.4) is 0 Å². The van der Waals surface area contributed by atoms with Crippen LogP contribution in [0.1, 0.15) is 0 Å². The largest absolute Gasteiger partial charge is 0.367 e. The summed E-state index contributed by atoms with van der Waals surface area (Å²) in [6.07, 6.45) is 0. The van der Waals surface area contributed by atoms with Crippen LogP contribution in [-0.2, 0) is 0 Å². The highest BCUT2D eigenvalue weighted by molar-refractivity contribution is 7.80. The Bertz CT molecular complexity index is 99.5. The fourth-order valence-electron chi connectivity index (χ4n) is 0.200. The van der Waals surface area contributed by atoms with Crippen LogP contribution in [0.15, 0.2) is 10.1 Å². The number of rotatable bonds is 2. The second kappa shape index (κ2) is 4.58. The van der Waals surface area contributed by atoms with Gasteiger partial charge in [0.05, 0.1) is 6.54 Å². The van der Waals surface area contributed by atoms with Crippen LogP contribution in [0.4, 0.5) is 0 Å². The Kier molecular flexibility index (Phi) is 4.24. The molecule has 0 amide bonds. The predicted octanol–water partition coefficient (Wildman–Crippen LogP) is 0.262. The molecule has 0 aromatic rings. The normalized spacial score (nSPS) is 11.4. The van der Waals surface area contributed by atoms with Crippen molar-refractivity contribution in [1.82, 2.24) is 0 Å². The van der Waals surface area contributed by atoms with E-state index in [2.05, 4.69) is 22.7 Å². The molecule has 0 saturated heterocycles. The zero-order chi connectivity index (χ0) is 6.41. The van der Waals surface area contributed by atoms with Gasteiger partial charge in [-0.1, -0.05) is 0 Å². The SMILES string of the molecule is N=NC(N)=NCCS. The van der Waals surface area contributed by atoms with E-state index in [0.29, 0.717) is 12.3 Å². The van der Waals surface area contributed by atoms with Crippen molar-refractivity contribution in [1.29, 1.82) is 5.53 Å². The molecule has 0 spiro atoms. The highest BCUT2D eigenvalue weighted by atomic mass is 32.1. The summed E-state index contributed by atoms with van der Waals surface area (Å²) in [6, 6.07) is 0. The first kappa shape index (κ1) is 7.42. The van der Waals surface area contributed by atoms with Crippen LogP contribution in [0.2, 0.25) is 0 Å². The number of thiol groups is 1. The molecular weight excluding hydrogens is 124 g/mol. The van der Waals surface area contributed by atoms with Crippen LogP contribution in [0.25, 0.3) is 0 Å². The zero-order valence-electron chi connectivity index (χ0n) is 4.33. The lowest BCUT2D eigenvalue weighted by molar-refractivity contribution is 1.08. The van der Waals surface area contributed by atoms with Crippen LogP contribution >= 0.6 is 12.6 Å². The summed E-state index contributed by atoms with van der Waals surface area (Å²) < 4.78 is 0. The van der Waals surface area contributed by atoms with Crippen LogP contribution in [0, 0.1) is 5.53 Å². The van der Waals surface area contributed by atoms with Gasteiger partial charge in [0, 0.05) is 5.75 Å². The minimum atomic E-state index is 0.0130. The van der Waals surface area contributed by atoms with Crippen LogP contribution in [-0.4, -0.2) is 18.3 Å². The number of hydrogen-bond acceptors (Lipinski definition) is 3. The Morgan fingerprint density at radius 3 is 2.75 bits per heavy atom. The zero-order valence-corrected chi connectivity index (χ0v) is 5.23. The first-order valence-corrected chi connectivity index (χ1v) is 2.72. The van der Waals surface area contributed by atoms with Crippen LogP contribution < -0.4 is 5.73 Å². The summed E-state index contributed by atoms with van der Waals surface area (Å²) in [5.41, 5.74) is 11.4. The Morgan fingerprint density at radius 2 is 2.38 bits per heavy atom. The van der Waals surface area contributed by atoms with E-state index in [0.717, 1.165) is 0 Å². The van der Waals surface area contributed by atoms with Gasteiger partial charge in [0.2, 0.25) is 5.96 Å². The average molecular weight is 132 g/mol. The lowest BCUT2D eigenvalue weighted by Crippen LogP contribution is -2.07. The third kappa shape index (κ3) is 3.60. The van der Waals surface area contributed by atoms with Crippen molar-refractivity contribution in [3.05, 3.63) is 0 Å². The van der Waals surface area contributed by atoms with E-state index in [-0.39, 0.29) is 5.96 Å². The van der Waals surface area contributed by atoms with Crippen molar-refractivity contribution in [3.63, 3.8) is 0 Å². The number of nitrogens with one attached hydrogen (secondary N) is 1. The summed E-state index contributed by atoms with van der Waals surface area (Å²) in [6.45, 7) is 0.525. The van der Waals surface area contributed by atoms with E-state index >= 15 is 0 Å². The third-order valence-corrected chi connectivity index (χ3v) is 0.688. The second-order valence-electron chi connectivity index (χ2n) is 1.08. The van der Waals surface area contributed by atoms with Gasteiger partial charge < -0.3 is 5.73 Å². The number of nitrogens with two attached hydrogens (primary N) is 1. The molecule has 0 aromatic carbocycles. The summed E-state index contributed by atoms with van der Waals surface area (Å²) in [7, 11) is 0. The summed E-state index contributed by atoms with van der Waals surface area (Å²) in [5, 5.41) is 2.87. The van der Waals surface area contributed by atoms with E-state index in [4.69, 9.17) is 11.3 Å². The van der Waals surface area contributed by atoms with E-state index < -0.39 is 0 Å². The standard InChI is InChI=1S/C3H8N4S/c4-3(7-5)6-1-2-8/h5,8H,1-2H2,(H2,4,6). The maximum absolute atomic E-state index is 6.33. The summed E-state index contributed by atoms with van der Waals surface area (Å²) in [5.74, 6) is 0.648. The fourth-order valence-corrected chi connectivity index (χ4v) is 0.300. The first-order chi connectivity index (χ1) is 3.81. The van der Waals surface area contributed by atoms with Gasteiger partial charge in [0.1, 0.15) is 0 Å². The number of nitrogens with zero attached hydrogens (tertiary/aromatic N) is 2. The van der Waals surface area contributed by atoms with Crippen molar-refractivity contribution in [3.8, 4) is 0 Å². The molecule has 5 heteroatoms. The molecule has 3 N–H and O–H groups in total. The molecular formula is C3H8N4S. The van der Waals surface area contributed by atoms with Crippen molar-refractivity contribution < 1.29 is 0 Å². The van der Waals surface area contributed by atoms with E-state index in [1.165, 1.54) is 0 Å². The summed E-state index contributed by atoms with van der Waals surface area (Å²) >= 11 is 3.87. The van der Waals surface area contributed by atoms with Crippen molar-refractivity contribution >= 4 is 18.6 Å². The molecule has 0 saturated carbocycles. The van der Waals surface area contributed by atoms with Crippen molar-refractivity contribution in [2.24, 2.45) is 15.8 Å². The van der Waals surface area contributed by atoms with Gasteiger partial charge in [0.25, 0.3) is 0 Å². The lowest BCUT2D eigenvalue weighted by Gasteiger charge is -1.85. The minimum absolute atomic E-state index is 0.0130. The Hall–Kier alpha value is -0.580. The Labute approximate surface area is 53.1 Å². The highest BCUT2D eigenvalue weighted by Gasteiger charge is 1.80. The van der Waals surface area contributed by atoms with Gasteiger partial charge in [-0.3, -0.25) is 0 Å². The minimum Gasteiger partial charge on any atom is -0.367 e. The highest BCUT2D eigenvalue weighted by Crippen LogP contribution is 1.76. The molecule has 0 aromatic heterocycles. The molecule has 46 valence electrons. The smallest absolute Gasteiger partial charge is 0.234 e. The molecule has 0 atom stereocenters. The first-order valence-electron chi connectivity index (χ1n) is 2.09. The molecule has 0 fully saturated rings. The number of hydrogen-bond donors (Lipinski definition) is 3. The molecule has 0 unspecified atom stereocenters. The molecule has 4 nitrogen and oxygen atoms in total. The molecule has 0 radical (unpaired) electrons. The molecule has 0 aliphatic rings. The topological polar surface area (TPSA) is 74.6 Å². The number of guanidine groups is 1. The second-order valence-corrected chi connectivity index (χ2v) is 1.52. The van der Waals surface area contributed by atoms with Crippen molar-refractivity contribution in [2.75, 3.05) is 12.3 Å². The van der Waals surface area contributed by atoms with Crippen molar-refractivity contribution in [2.45, 2.75) is 0 Å². The third-order valence-electron chi connectivity index (χ3n) is 0.488. The van der Waals surface area contributed by atoms with Gasteiger partial charge >= 0.3 is 0 Å². The van der Waals surface area contributed by atoms with E-state index in [1.807, 2.05) is 0 Å². The molecule has 0 bridgehead atoms. The maximum atomic E-state index is 6.33. The summed E-state index contributed by atoms with van der Waals surface area (Å²) in [4.78, 5) is 3.62. The predicted molar refractivity (Wildman–Crippen MR) is 35.5 cm³/mol. The van der Waals surface area contributed by atoms with E-state index in [1.54, 1.807) is 0 Å². The Balaban J connectivity index is 3.40. The Morgan fingerprint density at radius 1 is 1.75 bits per heavy atom. The fraction of sp³-hybridized carbons (Fsp3) is 0.667. The average Bonchev–Trinajstić information content (AvgIpc) is 1.83. The van der Waals surface area contributed by atoms with Gasteiger partial charge in [0.15, 0.2) is 0 Å². The maximum Gasteiger partial charge on any atom is 0.234 e. The van der Waals surface area contributed by atoms with Gasteiger partial charge in [-0.2, -0.15) is 12.6 Å². The monoisotopic (exact) mass is 132 g/mol. The molecule has 0 aliphatic carbocycles. The molecule has 0 rings (SSSR count). The van der Waals surface area contributed by atoms with Gasteiger partial charge in [-0.05, 0) is 0 Å².